The molecule has 0 saturated heterocycles. The minimum Gasteiger partial charge on any atom is -0.480 e. The monoisotopic (exact) mass is 264 g/mol. The minimum atomic E-state index is -1.000. The van der Waals surface area contributed by atoms with E-state index in [4.69, 9.17) is 5.11 Å². The Kier molecular flexibility index (Phi) is 5.48. The number of pyridine rings is 1. The number of carboxylic acids is 1. The van der Waals surface area contributed by atoms with Crippen molar-refractivity contribution >= 4 is 11.9 Å². The fourth-order valence-corrected chi connectivity index (χ4v) is 1.76. The van der Waals surface area contributed by atoms with Gasteiger partial charge in [-0.2, -0.15) is 0 Å². The molecular weight excluding hydrogens is 244 g/mol. The molecule has 0 aliphatic heterocycles. The maximum Gasteiger partial charge on any atom is 0.326 e. The molecule has 19 heavy (non-hydrogen) atoms. The number of nitrogens with zero attached hydrogens (tertiary/aromatic N) is 1. The molecule has 1 aromatic rings. The molecule has 0 spiro atoms. The lowest BCUT2D eigenvalue weighted by molar-refractivity contribution is -0.143. The summed E-state index contributed by atoms with van der Waals surface area (Å²) < 4.78 is 0. The van der Waals surface area contributed by atoms with E-state index in [1.807, 2.05) is 26.8 Å². The number of carbonyl (C=O) groups is 2. The highest BCUT2D eigenvalue weighted by atomic mass is 16.4. The van der Waals surface area contributed by atoms with E-state index in [-0.39, 0.29) is 18.2 Å². The second kappa shape index (κ2) is 6.87. The summed E-state index contributed by atoms with van der Waals surface area (Å²) >= 11 is 0. The minimum absolute atomic E-state index is 0.104. The molecule has 0 bridgehead atoms. The third-order valence-corrected chi connectivity index (χ3v) is 3.24. The second-order valence-corrected chi connectivity index (χ2v) is 4.71. The van der Waals surface area contributed by atoms with Gasteiger partial charge >= 0.3 is 5.97 Å². The van der Waals surface area contributed by atoms with E-state index in [0.717, 1.165) is 5.56 Å². The first-order chi connectivity index (χ1) is 8.95. The number of amides is 1. The van der Waals surface area contributed by atoms with Crippen LogP contribution in [0.3, 0.4) is 0 Å². The molecule has 0 radical (unpaired) electrons. The van der Waals surface area contributed by atoms with Crippen molar-refractivity contribution in [3.63, 3.8) is 0 Å². The summed E-state index contributed by atoms with van der Waals surface area (Å²) in [5, 5.41) is 11.7. The average Bonchev–Trinajstić information content (AvgIpc) is 2.37. The molecule has 2 N–H and O–H groups in total. The van der Waals surface area contributed by atoms with Gasteiger partial charge in [0.2, 0.25) is 5.91 Å². The van der Waals surface area contributed by atoms with E-state index >= 15 is 0 Å². The van der Waals surface area contributed by atoms with Crippen molar-refractivity contribution in [1.82, 2.24) is 10.3 Å². The molecule has 1 amide bonds. The molecule has 1 rings (SSSR count). The lowest BCUT2D eigenvalue weighted by Crippen LogP contribution is -2.45. The van der Waals surface area contributed by atoms with Crippen LogP contribution in [0.2, 0.25) is 0 Å². The van der Waals surface area contributed by atoms with Crippen molar-refractivity contribution in [3.8, 4) is 0 Å². The van der Waals surface area contributed by atoms with Gasteiger partial charge in [0, 0.05) is 6.20 Å². The lowest BCUT2D eigenvalue weighted by atomic mass is 9.99. The molecule has 2 atom stereocenters. The average molecular weight is 264 g/mol. The molecule has 5 heteroatoms. The summed E-state index contributed by atoms with van der Waals surface area (Å²) in [6.45, 7) is 5.58. The Morgan fingerprint density at radius 3 is 2.68 bits per heavy atom. The Balaban J connectivity index is 2.68. The van der Waals surface area contributed by atoms with Crippen molar-refractivity contribution in [3.05, 3.63) is 29.6 Å². The molecule has 0 saturated carbocycles. The Bertz CT molecular complexity index is 460. The third kappa shape index (κ3) is 4.35. The molecule has 104 valence electrons. The Hall–Kier alpha value is -1.91. The van der Waals surface area contributed by atoms with Crippen LogP contribution >= 0.6 is 0 Å². The van der Waals surface area contributed by atoms with Gasteiger partial charge in [0.25, 0.3) is 0 Å². The number of hydrogen-bond acceptors (Lipinski definition) is 3. The van der Waals surface area contributed by atoms with Gasteiger partial charge in [-0.05, 0) is 24.5 Å². The maximum absolute atomic E-state index is 11.9. The number of nitrogens with one attached hydrogen (secondary N) is 1. The number of carbonyl (C=O) groups excluding carboxylic acids is 1. The molecule has 2 unspecified atom stereocenters. The molecule has 0 aromatic carbocycles. The Labute approximate surface area is 113 Å². The zero-order chi connectivity index (χ0) is 14.4. The van der Waals surface area contributed by atoms with Crippen molar-refractivity contribution in [2.75, 3.05) is 0 Å². The quantitative estimate of drug-likeness (QED) is 0.817. The van der Waals surface area contributed by atoms with Gasteiger partial charge in [-0.1, -0.05) is 26.3 Å². The van der Waals surface area contributed by atoms with E-state index < -0.39 is 12.0 Å². The van der Waals surface area contributed by atoms with Crippen LogP contribution in [0, 0.1) is 12.8 Å². The number of aliphatic carboxylic acids is 1. The van der Waals surface area contributed by atoms with E-state index in [9.17, 15) is 9.59 Å². The van der Waals surface area contributed by atoms with Gasteiger partial charge in [-0.3, -0.25) is 9.78 Å². The summed E-state index contributed by atoms with van der Waals surface area (Å²) in [5.41, 5.74) is 1.60. The van der Waals surface area contributed by atoms with Crippen molar-refractivity contribution < 1.29 is 14.7 Å². The molecular formula is C14H20N2O3. The molecule has 1 heterocycles. The third-order valence-electron chi connectivity index (χ3n) is 3.24. The normalized spacial score (nSPS) is 13.6. The highest BCUT2D eigenvalue weighted by Gasteiger charge is 2.25. The Morgan fingerprint density at radius 1 is 1.47 bits per heavy atom. The second-order valence-electron chi connectivity index (χ2n) is 4.71. The van der Waals surface area contributed by atoms with Crippen LogP contribution in [0.25, 0.3) is 0 Å². The summed E-state index contributed by atoms with van der Waals surface area (Å²) in [6, 6.07) is 2.83. The van der Waals surface area contributed by atoms with Crippen molar-refractivity contribution in [1.29, 1.82) is 0 Å². The van der Waals surface area contributed by atoms with Gasteiger partial charge in [-0.15, -0.1) is 0 Å². The van der Waals surface area contributed by atoms with Gasteiger partial charge in [0.15, 0.2) is 0 Å². The number of hydrogen-bond donors (Lipinski definition) is 2. The number of rotatable bonds is 6. The van der Waals surface area contributed by atoms with Crippen LogP contribution in [0.4, 0.5) is 0 Å². The van der Waals surface area contributed by atoms with Crippen molar-refractivity contribution in [2.24, 2.45) is 5.92 Å². The fraction of sp³-hybridized carbons (Fsp3) is 0.500. The van der Waals surface area contributed by atoms with Gasteiger partial charge in [0.05, 0.1) is 12.1 Å². The SMILES string of the molecule is CCC(C)C(NC(=O)Cc1ncccc1C)C(=O)O. The standard InChI is InChI=1S/C14H20N2O3/c1-4-9(2)13(14(18)19)16-12(17)8-11-10(3)6-5-7-15-11/h5-7,9,13H,4,8H2,1-3H3,(H,16,17)(H,18,19). The molecule has 1 aromatic heterocycles. The molecule has 5 nitrogen and oxygen atoms in total. The lowest BCUT2D eigenvalue weighted by Gasteiger charge is -2.20. The van der Waals surface area contributed by atoms with E-state index in [1.54, 1.807) is 12.3 Å². The summed E-state index contributed by atoms with van der Waals surface area (Å²) in [6.07, 6.45) is 2.42. The van der Waals surface area contributed by atoms with Gasteiger partial charge in [0.1, 0.15) is 6.04 Å². The van der Waals surface area contributed by atoms with E-state index in [0.29, 0.717) is 12.1 Å². The predicted octanol–water partition coefficient (Wildman–Crippen LogP) is 1.55. The maximum atomic E-state index is 11.9. The first-order valence-electron chi connectivity index (χ1n) is 6.38. The van der Waals surface area contributed by atoms with Crippen LogP contribution in [0.5, 0.6) is 0 Å². The highest BCUT2D eigenvalue weighted by Crippen LogP contribution is 2.09. The summed E-state index contributed by atoms with van der Waals surface area (Å²) in [4.78, 5) is 27.1. The topological polar surface area (TPSA) is 79.3 Å². The first-order valence-corrected chi connectivity index (χ1v) is 6.38. The molecule has 0 aliphatic carbocycles. The Morgan fingerprint density at radius 2 is 2.16 bits per heavy atom. The van der Waals surface area contributed by atoms with Crippen molar-refractivity contribution in [2.45, 2.75) is 39.7 Å². The van der Waals surface area contributed by atoms with E-state index in [2.05, 4.69) is 10.3 Å². The molecule has 0 aliphatic rings. The summed E-state index contributed by atoms with van der Waals surface area (Å²) in [7, 11) is 0. The smallest absolute Gasteiger partial charge is 0.326 e. The molecule has 0 fully saturated rings. The van der Waals surface area contributed by atoms with Gasteiger partial charge < -0.3 is 10.4 Å². The van der Waals surface area contributed by atoms with Gasteiger partial charge in [-0.25, -0.2) is 4.79 Å². The fourth-order valence-electron chi connectivity index (χ4n) is 1.76. The highest BCUT2D eigenvalue weighted by molar-refractivity contribution is 5.84. The number of aryl methyl sites for hydroxylation is 1. The van der Waals surface area contributed by atoms with Crippen LogP contribution in [-0.4, -0.2) is 28.0 Å². The number of aromatic nitrogens is 1. The van der Waals surface area contributed by atoms with Crippen LogP contribution in [0.15, 0.2) is 18.3 Å². The van der Waals surface area contributed by atoms with Crippen LogP contribution in [0.1, 0.15) is 31.5 Å². The largest absolute Gasteiger partial charge is 0.480 e. The van der Waals surface area contributed by atoms with E-state index in [1.165, 1.54) is 0 Å². The zero-order valence-electron chi connectivity index (χ0n) is 11.5. The van der Waals surface area contributed by atoms with Crippen LogP contribution < -0.4 is 5.32 Å². The number of carboxylic acid groups (broad SMARTS) is 1. The van der Waals surface area contributed by atoms with Crippen LogP contribution in [-0.2, 0) is 16.0 Å². The summed E-state index contributed by atoms with van der Waals surface area (Å²) in [5.74, 6) is -1.42. The predicted molar refractivity (Wildman–Crippen MR) is 71.7 cm³/mol. The first kappa shape index (κ1) is 15.1. The zero-order valence-corrected chi connectivity index (χ0v) is 11.5.